The van der Waals surface area contributed by atoms with Crippen LogP contribution in [0.1, 0.15) is 31.4 Å². The lowest BCUT2D eigenvalue weighted by molar-refractivity contribution is 0.00399. The summed E-state index contributed by atoms with van der Waals surface area (Å²) >= 11 is 0. The van der Waals surface area contributed by atoms with Gasteiger partial charge in [0.15, 0.2) is 0 Å². The van der Waals surface area contributed by atoms with E-state index < -0.39 is 0 Å². The fourth-order valence-electron chi connectivity index (χ4n) is 1.95. The Bertz CT molecular complexity index is 393. The van der Waals surface area contributed by atoms with Gasteiger partial charge in [-0.15, -0.1) is 0 Å². The van der Waals surface area contributed by atoms with E-state index in [-0.39, 0.29) is 12.1 Å². The SMILES string of the molecule is C[C@H]1C[C@H](n2ncc(C#N)c2N)CCO1. The Morgan fingerprint density at radius 3 is 3.13 bits per heavy atom. The molecule has 15 heavy (non-hydrogen) atoms. The van der Waals surface area contributed by atoms with Crippen LogP contribution in [0.2, 0.25) is 0 Å². The van der Waals surface area contributed by atoms with Crippen LogP contribution in [-0.2, 0) is 4.74 Å². The molecule has 0 spiro atoms. The minimum absolute atomic E-state index is 0.234. The van der Waals surface area contributed by atoms with Gasteiger partial charge in [0.1, 0.15) is 17.5 Å². The summed E-state index contributed by atoms with van der Waals surface area (Å²) in [6.45, 7) is 2.77. The van der Waals surface area contributed by atoms with Crippen LogP contribution < -0.4 is 5.73 Å². The van der Waals surface area contributed by atoms with Crippen molar-refractivity contribution in [3.8, 4) is 6.07 Å². The third-order valence-electron chi connectivity index (χ3n) is 2.76. The number of ether oxygens (including phenoxy) is 1. The predicted octanol–water partition coefficient (Wildman–Crippen LogP) is 1.08. The van der Waals surface area contributed by atoms with E-state index in [0.29, 0.717) is 11.4 Å². The highest BCUT2D eigenvalue weighted by atomic mass is 16.5. The van der Waals surface area contributed by atoms with Crippen LogP contribution in [0.5, 0.6) is 0 Å². The van der Waals surface area contributed by atoms with E-state index in [1.807, 2.05) is 13.0 Å². The van der Waals surface area contributed by atoms with Gasteiger partial charge in [0, 0.05) is 6.61 Å². The van der Waals surface area contributed by atoms with Crippen LogP contribution in [-0.4, -0.2) is 22.5 Å². The lowest BCUT2D eigenvalue weighted by Gasteiger charge is -2.27. The number of hydrogen-bond acceptors (Lipinski definition) is 4. The van der Waals surface area contributed by atoms with Crippen molar-refractivity contribution in [2.24, 2.45) is 0 Å². The molecule has 0 aromatic carbocycles. The van der Waals surface area contributed by atoms with Crippen molar-refractivity contribution < 1.29 is 4.74 Å². The van der Waals surface area contributed by atoms with Crippen LogP contribution >= 0.6 is 0 Å². The third-order valence-corrected chi connectivity index (χ3v) is 2.76. The molecule has 5 nitrogen and oxygen atoms in total. The summed E-state index contributed by atoms with van der Waals surface area (Å²) in [4.78, 5) is 0. The summed E-state index contributed by atoms with van der Waals surface area (Å²) in [6.07, 6.45) is 3.56. The van der Waals surface area contributed by atoms with Gasteiger partial charge in [-0.25, -0.2) is 4.68 Å². The molecule has 2 N–H and O–H groups in total. The molecule has 0 amide bonds. The highest BCUT2D eigenvalue weighted by Gasteiger charge is 2.23. The van der Waals surface area contributed by atoms with Gasteiger partial charge in [-0.1, -0.05) is 0 Å². The highest BCUT2D eigenvalue weighted by molar-refractivity contribution is 5.47. The predicted molar refractivity (Wildman–Crippen MR) is 55.0 cm³/mol. The number of anilines is 1. The van der Waals surface area contributed by atoms with E-state index in [4.69, 9.17) is 15.7 Å². The summed E-state index contributed by atoms with van der Waals surface area (Å²) < 4.78 is 7.20. The highest BCUT2D eigenvalue weighted by Crippen LogP contribution is 2.27. The average molecular weight is 206 g/mol. The molecule has 0 aliphatic carbocycles. The molecule has 0 bridgehead atoms. The number of nitrogen functional groups attached to an aromatic ring is 1. The molecule has 2 heterocycles. The van der Waals surface area contributed by atoms with Crippen molar-refractivity contribution in [2.75, 3.05) is 12.3 Å². The molecule has 80 valence electrons. The van der Waals surface area contributed by atoms with Crippen LogP contribution in [0.3, 0.4) is 0 Å². The molecule has 1 aliphatic heterocycles. The van der Waals surface area contributed by atoms with E-state index in [1.165, 1.54) is 6.20 Å². The fourth-order valence-corrected chi connectivity index (χ4v) is 1.95. The van der Waals surface area contributed by atoms with Crippen LogP contribution in [0.4, 0.5) is 5.82 Å². The Balaban J connectivity index is 2.22. The second kappa shape index (κ2) is 3.91. The molecule has 0 saturated carbocycles. The Morgan fingerprint density at radius 2 is 2.53 bits per heavy atom. The van der Waals surface area contributed by atoms with Crippen molar-refractivity contribution in [1.29, 1.82) is 5.26 Å². The van der Waals surface area contributed by atoms with Gasteiger partial charge in [0.25, 0.3) is 0 Å². The standard InChI is InChI=1S/C10H14N4O/c1-7-4-9(2-3-15-7)14-10(12)8(5-11)6-13-14/h6-7,9H,2-4,12H2,1H3/t7-,9+/m0/s1. The number of nitriles is 1. The molecule has 2 atom stereocenters. The van der Waals surface area contributed by atoms with Gasteiger partial charge < -0.3 is 10.5 Å². The van der Waals surface area contributed by atoms with Crippen molar-refractivity contribution >= 4 is 5.82 Å². The van der Waals surface area contributed by atoms with E-state index in [0.717, 1.165) is 19.4 Å². The molecule has 1 aliphatic rings. The first kappa shape index (κ1) is 9.99. The first-order valence-corrected chi connectivity index (χ1v) is 5.07. The maximum absolute atomic E-state index is 8.77. The molecule has 1 saturated heterocycles. The molecule has 2 rings (SSSR count). The van der Waals surface area contributed by atoms with Gasteiger partial charge in [-0.2, -0.15) is 10.4 Å². The molecule has 1 fully saturated rings. The van der Waals surface area contributed by atoms with Gasteiger partial charge in [-0.05, 0) is 19.8 Å². The summed E-state index contributed by atoms with van der Waals surface area (Å²) in [6, 6.07) is 2.29. The molecular weight excluding hydrogens is 192 g/mol. The first-order chi connectivity index (χ1) is 7.22. The number of nitrogens with two attached hydrogens (primary N) is 1. The largest absolute Gasteiger partial charge is 0.383 e. The molecular formula is C10H14N4O. The smallest absolute Gasteiger partial charge is 0.140 e. The van der Waals surface area contributed by atoms with Crippen molar-refractivity contribution in [1.82, 2.24) is 9.78 Å². The van der Waals surface area contributed by atoms with Crippen molar-refractivity contribution in [2.45, 2.75) is 31.9 Å². The second-order valence-electron chi connectivity index (χ2n) is 3.86. The Labute approximate surface area is 88.4 Å². The van der Waals surface area contributed by atoms with Gasteiger partial charge in [0.05, 0.1) is 18.3 Å². The number of hydrogen-bond donors (Lipinski definition) is 1. The zero-order valence-corrected chi connectivity index (χ0v) is 8.68. The minimum Gasteiger partial charge on any atom is -0.383 e. The van der Waals surface area contributed by atoms with Gasteiger partial charge >= 0.3 is 0 Å². The maximum Gasteiger partial charge on any atom is 0.140 e. The van der Waals surface area contributed by atoms with E-state index in [2.05, 4.69) is 5.10 Å². The Hall–Kier alpha value is -1.54. The monoisotopic (exact) mass is 206 g/mol. The fraction of sp³-hybridized carbons (Fsp3) is 0.600. The minimum atomic E-state index is 0.234. The molecule has 1 aromatic heterocycles. The maximum atomic E-state index is 8.77. The second-order valence-corrected chi connectivity index (χ2v) is 3.86. The third kappa shape index (κ3) is 1.81. The summed E-state index contributed by atoms with van der Waals surface area (Å²) in [7, 11) is 0. The zero-order valence-electron chi connectivity index (χ0n) is 8.68. The Kier molecular flexibility index (Phi) is 2.60. The Morgan fingerprint density at radius 1 is 1.73 bits per heavy atom. The number of rotatable bonds is 1. The zero-order chi connectivity index (χ0) is 10.8. The summed E-state index contributed by atoms with van der Waals surface area (Å²) in [5, 5.41) is 12.9. The average Bonchev–Trinajstić information content (AvgIpc) is 2.59. The van der Waals surface area contributed by atoms with Crippen LogP contribution in [0.25, 0.3) is 0 Å². The lowest BCUT2D eigenvalue weighted by atomic mass is 10.0. The normalized spacial score (nSPS) is 26.1. The van der Waals surface area contributed by atoms with Crippen LogP contribution in [0.15, 0.2) is 6.20 Å². The van der Waals surface area contributed by atoms with E-state index >= 15 is 0 Å². The van der Waals surface area contributed by atoms with Gasteiger partial charge in [0.2, 0.25) is 0 Å². The molecule has 1 aromatic rings. The van der Waals surface area contributed by atoms with E-state index in [1.54, 1.807) is 4.68 Å². The molecule has 0 unspecified atom stereocenters. The lowest BCUT2D eigenvalue weighted by Crippen LogP contribution is -2.26. The molecule has 5 heteroatoms. The number of nitrogens with zero attached hydrogens (tertiary/aromatic N) is 3. The topological polar surface area (TPSA) is 76.9 Å². The van der Waals surface area contributed by atoms with Crippen molar-refractivity contribution in [3.63, 3.8) is 0 Å². The first-order valence-electron chi connectivity index (χ1n) is 5.07. The van der Waals surface area contributed by atoms with Gasteiger partial charge in [-0.3, -0.25) is 0 Å². The summed E-state index contributed by atoms with van der Waals surface area (Å²) in [5.41, 5.74) is 6.28. The molecule has 0 radical (unpaired) electrons. The number of aromatic nitrogens is 2. The summed E-state index contributed by atoms with van der Waals surface area (Å²) in [5.74, 6) is 0.469. The van der Waals surface area contributed by atoms with E-state index in [9.17, 15) is 0 Å². The van der Waals surface area contributed by atoms with Crippen molar-refractivity contribution in [3.05, 3.63) is 11.8 Å². The quantitative estimate of drug-likeness (QED) is 0.745. The van der Waals surface area contributed by atoms with Crippen LogP contribution in [0, 0.1) is 11.3 Å².